The smallest absolute Gasteiger partial charge is 0.0997 e. The molecule has 0 aromatic heterocycles. The second-order valence-corrected chi connectivity index (χ2v) is 5.61. The van der Waals surface area contributed by atoms with E-state index in [1.165, 1.54) is 11.1 Å². The maximum absolute atomic E-state index is 9.13. The number of nitrogens with zero attached hydrogens (tertiary/aromatic N) is 2. The Morgan fingerprint density at radius 3 is 1.19 bits per heavy atom. The SMILES string of the molecule is Cc1cc(Cc2cc(C)c(C#N)c(C)c2)cc(C)c1C#N. The third-order valence-electron chi connectivity index (χ3n) is 3.82. The van der Waals surface area contributed by atoms with Crippen LogP contribution in [0.2, 0.25) is 0 Å². The van der Waals surface area contributed by atoms with E-state index in [1.807, 2.05) is 27.7 Å². The fraction of sp³-hybridized carbons (Fsp3) is 0.263. The molecule has 2 nitrogen and oxygen atoms in total. The topological polar surface area (TPSA) is 47.6 Å². The number of nitriles is 2. The van der Waals surface area contributed by atoms with Gasteiger partial charge in [-0.25, -0.2) is 0 Å². The van der Waals surface area contributed by atoms with Gasteiger partial charge in [0.05, 0.1) is 23.3 Å². The molecule has 0 atom stereocenters. The molecule has 2 rings (SSSR count). The Balaban J connectivity index is 2.40. The van der Waals surface area contributed by atoms with Crippen LogP contribution in [0.25, 0.3) is 0 Å². The molecule has 0 spiro atoms. The Labute approximate surface area is 126 Å². The lowest BCUT2D eigenvalue weighted by Gasteiger charge is -2.10. The van der Waals surface area contributed by atoms with Crippen LogP contribution in [0.5, 0.6) is 0 Å². The second-order valence-electron chi connectivity index (χ2n) is 5.61. The lowest BCUT2D eigenvalue weighted by Crippen LogP contribution is -1.97. The van der Waals surface area contributed by atoms with Crippen molar-refractivity contribution in [3.05, 3.63) is 68.8 Å². The van der Waals surface area contributed by atoms with Crippen LogP contribution in [-0.2, 0) is 6.42 Å². The highest BCUT2D eigenvalue weighted by Gasteiger charge is 2.08. The zero-order valence-corrected chi connectivity index (χ0v) is 12.9. The molecular formula is C19H18N2. The largest absolute Gasteiger partial charge is 0.192 e. The first kappa shape index (κ1) is 14.8. The first-order chi connectivity index (χ1) is 9.96. The van der Waals surface area contributed by atoms with Gasteiger partial charge in [0.2, 0.25) is 0 Å². The van der Waals surface area contributed by atoms with Crippen LogP contribution in [0, 0.1) is 50.4 Å². The Morgan fingerprint density at radius 1 is 0.667 bits per heavy atom. The van der Waals surface area contributed by atoms with E-state index in [9.17, 15) is 0 Å². The predicted molar refractivity (Wildman–Crippen MR) is 84.1 cm³/mol. The molecule has 0 unspecified atom stereocenters. The molecule has 2 aromatic carbocycles. The zero-order chi connectivity index (χ0) is 15.6. The van der Waals surface area contributed by atoms with Crippen LogP contribution in [-0.4, -0.2) is 0 Å². The Bertz CT molecular complexity index is 673. The molecule has 0 aliphatic rings. The molecule has 0 amide bonds. The normalized spacial score (nSPS) is 10.0. The van der Waals surface area contributed by atoms with Gasteiger partial charge in [-0.3, -0.25) is 0 Å². The lowest BCUT2D eigenvalue weighted by molar-refractivity contribution is 1.14. The number of hydrogen-bond donors (Lipinski definition) is 0. The number of benzene rings is 2. The third-order valence-corrected chi connectivity index (χ3v) is 3.82. The monoisotopic (exact) mass is 274 g/mol. The van der Waals surface area contributed by atoms with Crippen LogP contribution in [0.1, 0.15) is 44.5 Å². The summed E-state index contributed by atoms with van der Waals surface area (Å²) in [6.07, 6.45) is 0.820. The molecule has 0 saturated heterocycles. The molecule has 0 radical (unpaired) electrons. The van der Waals surface area contributed by atoms with Crippen molar-refractivity contribution < 1.29 is 0 Å². The Morgan fingerprint density at radius 2 is 0.952 bits per heavy atom. The van der Waals surface area contributed by atoms with Gasteiger partial charge in [-0.05, 0) is 67.5 Å². The molecule has 2 aromatic rings. The maximum atomic E-state index is 9.13. The summed E-state index contributed by atoms with van der Waals surface area (Å²) in [5, 5.41) is 18.3. The predicted octanol–water partition coefficient (Wildman–Crippen LogP) is 4.25. The quantitative estimate of drug-likeness (QED) is 0.821. The fourth-order valence-electron chi connectivity index (χ4n) is 2.90. The van der Waals surface area contributed by atoms with Gasteiger partial charge in [-0.2, -0.15) is 10.5 Å². The summed E-state index contributed by atoms with van der Waals surface area (Å²) >= 11 is 0. The summed E-state index contributed by atoms with van der Waals surface area (Å²) in [7, 11) is 0. The maximum Gasteiger partial charge on any atom is 0.0997 e. The van der Waals surface area contributed by atoms with Gasteiger partial charge in [0.25, 0.3) is 0 Å². The zero-order valence-electron chi connectivity index (χ0n) is 12.9. The summed E-state index contributed by atoms with van der Waals surface area (Å²) in [4.78, 5) is 0. The molecule has 104 valence electrons. The summed E-state index contributed by atoms with van der Waals surface area (Å²) in [5.74, 6) is 0. The van der Waals surface area contributed by atoms with Crippen molar-refractivity contribution in [2.75, 3.05) is 0 Å². The lowest BCUT2D eigenvalue weighted by atomic mass is 9.93. The third kappa shape index (κ3) is 2.96. The Kier molecular flexibility index (Phi) is 4.10. The molecule has 21 heavy (non-hydrogen) atoms. The van der Waals surface area contributed by atoms with Crippen LogP contribution in [0.15, 0.2) is 24.3 Å². The van der Waals surface area contributed by atoms with Crippen molar-refractivity contribution in [1.82, 2.24) is 0 Å². The minimum atomic E-state index is 0.769. The van der Waals surface area contributed by atoms with Gasteiger partial charge in [-0.1, -0.05) is 24.3 Å². The van der Waals surface area contributed by atoms with Gasteiger partial charge in [0, 0.05) is 0 Å². The van der Waals surface area contributed by atoms with Gasteiger partial charge >= 0.3 is 0 Å². The summed E-state index contributed by atoms with van der Waals surface area (Å²) < 4.78 is 0. The van der Waals surface area contributed by atoms with Crippen LogP contribution in [0.4, 0.5) is 0 Å². The van der Waals surface area contributed by atoms with Gasteiger partial charge in [0.1, 0.15) is 0 Å². The van der Waals surface area contributed by atoms with E-state index < -0.39 is 0 Å². The van der Waals surface area contributed by atoms with Gasteiger partial charge < -0.3 is 0 Å². The highest BCUT2D eigenvalue weighted by molar-refractivity contribution is 5.49. The molecule has 2 heteroatoms. The van der Waals surface area contributed by atoms with E-state index in [2.05, 4.69) is 36.4 Å². The number of aryl methyl sites for hydroxylation is 4. The highest BCUT2D eigenvalue weighted by atomic mass is 14.3. The van der Waals surface area contributed by atoms with Crippen molar-refractivity contribution in [3.63, 3.8) is 0 Å². The van der Waals surface area contributed by atoms with E-state index in [1.54, 1.807) is 0 Å². The number of hydrogen-bond acceptors (Lipinski definition) is 2. The summed E-state index contributed by atoms with van der Waals surface area (Å²) in [5.41, 5.74) is 8.03. The number of rotatable bonds is 2. The molecule has 0 aliphatic carbocycles. The minimum absolute atomic E-state index is 0.769. The second kappa shape index (κ2) is 5.81. The van der Waals surface area contributed by atoms with Crippen LogP contribution < -0.4 is 0 Å². The van der Waals surface area contributed by atoms with Crippen molar-refractivity contribution in [3.8, 4) is 12.1 Å². The average molecular weight is 274 g/mol. The fourth-order valence-corrected chi connectivity index (χ4v) is 2.90. The van der Waals surface area contributed by atoms with E-state index in [4.69, 9.17) is 10.5 Å². The van der Waals surface area contributed by atoms with E-state index >= 15 is 0 Å². The van der Waals surface area contributed by atoms with Gasteiger partial charge in [0.15, 0.2) is 0 Å². The van der Waals surface area contributed by atoms with Crippen molar-refractivity contribution in [1.29, 1.82) is 10.5 Å². The van der Waals surface area contributed by atoms with Crippen molar-refractivity contribution in [2.45, 2.75) is 34.1 Å². The highest BCUT2D eigenvalue weighted by Crippen LogP contribution is 2.21. The molecule has 0 saturated carbocycles. The molecular weight excluding hydrogens is 256 g/mol. The standard InChI is InChI=1S/C19H18N2/c1-12-5-16(6-13(2)18(12)10-20)9-17-7-14(3)19(11-21)15(4)8-17/h5-8H,9H2,1-4H3. The summed E-state index contributed by atoms with van der Waals surface area (Å²) in [6.45, 7) is 7.91. The van der Waals surface area contributed by atoms with Crippen molar-refractivity contribution in [2.24, 2.45) is 0 Å². The molecule has 0 fully saturated rings. The summed E-state index contributed by atoms with van der Waals surface area (Å²) in [6, 6.07) is 12.8. The molecule has 0 bridgehead atoms. The minimum Gasteiger partial charge on any atom is -0.192 e. The van der Waals surface area contributed by atoms with Gasteiger partial charge in [-0.15, -0.1) is 0 Å². The van der Waals surface area contributed by atoms with E-state index in [0.29, 0.717) is 0 Å². The molecule has 0 heterocycles. The van der Waals surface area contributed by atoms with Crippen LogP contribution >= 0.6 is 0 Å². The van der Waals surface area contributed by atoms with Crippen molar-refractivity contribution >= 4 is 0 Å². The Hall–Kier alpha value is -2.58. The first-order valence-electron chi connectivity index (χ1n) is 6.96. The van der Waals surface area contributed by atoms with Crippen LogP contribution in [0.3, 0.4) is 0 Å². The molecule has 0 N–H and O–H groups in total. The van der Waals surface area contributed by atoms with E-state index in [-0.39, 0.29) is 0 Å². The molecule has 0 aliphatic heterocycles. The first-order valence-corrected chi connectivity index (χ1v) is 6.96. The average Bonchev–Trinajstić information content (AvgIpc) is 2.38. The van der Waals surface area contributed by atoms with E-state index in [0.717, 1.165) is 39.8 Å².